The number of halogens is 1. The number of nitrogens with one attached hydrogen (secondary N) is 1. The first kappa shape index (κ1) is 15.9. The molecule has 1 aliphatic rings. The van der Waals surface area contributed by atoms with Gasteiger partial charge in [0, 0.05) is 18.3 Å². The molecule has 2 N–H and O–H groups in total. The average molecular weight is 353 g/mol. The number of aromatic carboxylic acids is 1. The number of hydrogen-bond acceptors (Lipinski definition) is 5. The van der Waals surface area contributed by atoms with Crippen LogP contribution in [-0.4, -0.2) is 43.3 Å². The fourth-order valence-electron chi connectivity index (χ4n) is 2.73. The first-order valence-electron chi connectivity index (χ1n) is 7.75. The fraction of sp³-hybridized carbons (Fsp3) is 0.118. The van der Waals surface area contributed by atoms with Crippen LogP contribution in [0.2, 0.25) is 0 Å². The van der Waals surface area contributed by atoms with Crippen LogP contribution in [0, 0.1) is 5.82 Å². The number of amides is 1. The van der Waals surface area contributed by atoms with E-state index in [9.17, 15) is 14.0 Å². The Morgan fingerprint density at radius 1 is 1.23 bits per heavy atom. The minimum Gasteiger partial charge on any atom is -0.478 e. The van der Waals surface area contributed by atoms with Crippen molar-refractivity contribution >= 4 is 11.9 Å². The smallest absolute Gasteiger partial charge is 0.338 e. The van der Waals surface area contributed by atoms with Crippen LogP contribution in [0.3, 0.4) is 0 Å². The third kappa shape index (κ3) is 2.69. The van der Waals surface area contributed by atoms with Crippen LogP contribution < -0.4 is 5.32 Å². The van der Waals surface area contributed by atoms with Crippen molar-refractivity contribution in [2.75, 3.05) is 6.54 Å². The van der Waals surface area contributed by atoms with Gasteiger partial charge in [-0.2, -0.15) is 5.10 Å². The van der Waals surface area contributed by atoms with Gasteiger partial charge >= 0.3 is 5.97 Å². The van der Waals surface area contributed by atoms with Gasteiger partial charge in [0.1, 0.15) is 17.2 Å². The summed E-state index contributed by atoms with van der Waals surface area (Å²) in [5.41, 5.74) is 1.34. The Bertz CT molecular complexity index is 1050. The van der Waals surface area contributed by atoms with E-state index in [1.54, 1.807) is 16.8 Å². The Balaban J connectivity index is 1.75. The molecule has 3 heterocycles. The predicted molar refractivity (Wildman–Crippen MR) is 87.9 cm³/mol. The maximum atomic E-state index is 13.6. The number of aromatic nitrogens is 4. The van der Waals surface area contributed by atoms with Gasteiger partial charge in [-0.25, -0.2) is 19.2 Å². The predicted octanol–water partition coefficient (Wildman–Crippen LogP) is 1.59. The number of hydrogen-bond donors (Lipinski definition) is 2. The quantitative estimate of drug-likeness (QED) is 0.740. The van der Waals surface area contributed by atoms with E-state index in [0.29, 0.717) is 35.7 Å². The third-order valence-electron chi connectivity index (χ3n) is 3.99. The van der Waals surface area contributed by atoms with Crippen molar-refractivity contribution in [3.8, 4) is 22.8 Å². The molecule has 1 amide bonds. The number of nitrogens with zero attached hydrogens (tertiary/aromatic N) is 4. The molecule has 26 heavy (non-hydrogen) atoms. The number of benzene rings is 1. The Morgan fingerprint density at radius 3 is 2.85 bits per heavy atom. The molecule has 0 radical (unpaired) electrons. The van der Waals surface area contributed by atoms with Crippen LogP contribution in [0.1, 0.15) is 20.8 Å². The maximum Gasteiger partial charge on any atom is 0.338 e. The summed E-state index contributed by atoms with van der Waals surface area (Å²) >= 11 is 0. The summed E-state index contributed by atoms with van der Waals surface area (Å²) in [6.07, 6.45) is 1.50. The molecule has 0 fully saturated rings. The number of carboxylic acids is 1. The Hall–Kier alpha value is -3.62. The summed E-state index contributed by atoms with van der Waals surface area (Å²) in [5, 5.41) is 16.2. The molecule has 0 atom stereocenters. The van der Waals surface area contributed by atoms with Crippen molar-refractivity contribution in [2.45, 2.75) is 6.54 Å². The molecule has 9 heteroatoms. The number of fused-ring (bicyclic) bond motifs is 1. The van der Waals surface area contributed by atoms with Gasteiger partial charge in [-0.15, -0.1) is 0 Å². The minimum atomic E-state index is -1.37. The average Bonchev–Trinajstić information content (AvgIpc) is 3.08. The number of rotatable bonds is 3. The van der Waals surface area contributed by atoms with Crippen LogP contribution >= 0.6 is 0 Å². The molecule has 8 nitrogen and oxygen atoms in total. The van der Waals surface area contributed by atoms with Gasteiger partial charge in [-0.3, -0.25) is 9.48 Å². The molecular weight excluding hydrogens is 341 g/mol. The van der Waals surface area contributed by atoms with E-state index in [1.807, 2.05) is 0 Å². The number of carboxylic acid groups (broad SMARTS) is 1. The van der Waals surface area contributed by atoms with Crippen LogP contribution in [0.25, 0.3) is 22.8 Å². The first-order chi connectivity index (χ1) is 12.5. The van der Waals surface area contributed by atoms with Gasteiger partial charge < -0.3 is 10.4 Å². The minimum absolute atomic E-state index is 0.200. The lowest BCUT2D eigenvalue weighted by atomic mass is 10.1. The Kier molecular flexibility index (Phi) is 3.68. The van der Waals surface area contributed by atoms with Gasteiger partial charge in [0.05, 0.1) is 17.8 Å². The molecule has 2 aromatic heterocycles. The SMILES string of the molecule is O=C(O)c1cc(-c2nccc(-c3cc4n(n3)CCNC4=O)n2)ccc1F. The van der Waals surface area contributed by atoms with E-state index < -0.39 is 17.3 Å². The summed E-state index contributed by atoms with van der Waals surface area (Å²) in [6, 6.07) is 6.93. The molecule has 4 rings (SSSR count). The molecule has 1 aliphatic heterocycles. The summed E-state index contributed by atoms with van der Waals surface area (Å²) in [7, 11) is 0. The number of carbonyl (C=O) groups is 2. The molecule has 0 bridgehead atoms. The topological polar surface area (TPSA) is 110 Å². The van der Waals surface area contributed by atoms with E-state index in [4.69, 9.17) is 5.11 Å². The zero-order valence-electron chi connectivity index (χ0n) is 13.3. The molecule has 0 unspecified atom stereocenters. The van der Waals surface area contributed by atoms with Gasteiger partial charge in [0.15, 0.2) is 5.82 Å². The van der Waals surface area contributed by atoms with E-state index in [1.165, 1.54) is 18.3 Å². The van der Waals surface area contributed by atoms with Crippen molar-refractivity contribution in [3.05, 3.63) is 53.6 Å². The summed E-state index contributed by atoms with van der Waals surface area (Å²) in [4.78, 5) is 31.5. The normalized spacial score (nSPS) is 13.2. The molecule has 0 aliphatic carbocycles. The van der Waals surface area contributed by atoms with Gasteiger partial charge in [-0.05, 0) is 30.3 Å². The molecule has 0 spiro atoms. The zero-order chi connectivity index (χ0) is 18.3. The summed E-state index contributed by atoms with van der Waals surface area (Å²) < 4.78 is 15.2. The highest BCUT2D eigenvalue weighted by Crippen LogP contribution is 2.23. The maximum absolute atomic E-state index is 13.6. The second kappa shape index (κ2) is 6.03. The van der Waals surface area contributed by atoms with E-state index in [-0.39, 0.29) is 11.7 Å². The summed E-state index contributed by atoms with van der Waals surface area (Å²) in [6.45, 7) is 1.08. The first-order valence-corrected chi connectivity index (χ1v) is 7.75. The summed E-state index contributed by atoms with van der Waals surface area (Å²) in [5.74, 6) is -2.16. The molecule has 3 aromatic rings. The fourth-order valence-corrected chi connectivity index (χ4v) is 2.73. The van der Waals surface area contributed by atoms with Crippen molar-refractivity contribution in [1.82, 2.24) is 25.1 Å². The third-order valence-corrected chi connectivity index (χ3v) is 3.99. The monoisotopic (exact) mass is 353 g/mol. The van der Waals surface area contributed by atoms with E-state index in [0.717, 1.165) is 6.07 Å². The molecule has 0 saturated heterocycles. The van der Waals surface area contributed by atoms with Gasteiger partial charge in [0.25, 0.3) is 5.91 Å². The highest BCUT2D eigenvalue weighted by molar-refractivity contribution is 5.94. The lowest BCUT2D eigenvalue weighted by Crippen LogP contribution is -2.35. The largest absolute Gasteiger partial charge is 0.478 e. The van der Waals surface area contributed by atoms with Crippen molar-refractivity contribution in [3.63, 3.8) is 0 Å². The van der Waals surface area contributed by atoms with Crippen LogP contribution in [0.4, 0.5) is 4.39 Å². The molecule has 1 aromatic carbocycles. The lowest BCUT2D eigenvalue weighted by molar-refractivity contribution is 0.0691. The van der Waals surface area contributed by atoms with Crippen molar-refractivity contribution in [2.24, 2.45) is 0 Å². The van der Waals surface area contributed by atoms with Crippen molar-refractivity contribution < 1.29 is 19.1 Å². The van der Waals surface area contributed by atoms with E-state index >= 15 is 0 Å². The molecular formula is C17H12FN5O3. The highest BCUT2D eigenvalue weighted by atomic mass is 19.1. The van der Waals surface area contributed by atoms with Gasteiger partial charge in [0.2, 0.25) is 0 Å². The van der Waals surface area contributed by atoms with Crippen LogP contribution in [0.5, 0.6) is 0 Å². The standard InChI is InChI=1S/C17H12FN5O3/c18-11-2-1-9(7-10(11)17(25)26)15-19-4-3-12(21-15)13-8-14-16(24)20-5-6-23(14)22-13/h1-4,7-8H,5-6H2,(H,20,24)(H,25,26). The lowest BCUT2D eigenvalue weighted by Gasteiger charge is -2.13. The Labute approximate surface area is 146 Å². The highest BCUT2D eigenvalue weighted by Gasteiger charge is 2.20. The van der Waals surface area contributed by atoms with E-state index in [2.05, 4.69) is 20.4 Å². The van der Waals surface area contributed by atoms with Crippen LogP contribution in [-0.2, 0) is 6.54 Å². The molecule has 0 saturated carbocycles. The van der Waals surface area contributed by atoms with Crippen LogP contribution in [0.15, 0.2) is 36.5 Å². The van der Waals surface area contributed by atoms with Crippen molar-refractivity contribution in [1.29, 1.82) is 0 Å². The number of carbonyl (C=O) groups excluding carboxylic acids is 1. The zero-order valence-corrected chi connectivity index (χ0v) is 13.3. The Morgan fingerprint density at radius 2 is 2.08 bits per heavy atom. The van der Waals surface area contributed by atoms with Gasteiger partial charge in [-0.1, -0.05) is 0 Å². The molecule has 130 valence electrons. The second-order valence-electron chi connectivity index (χ2n) is 5.66. The second-order valence-corrected chi connectivity index (χ2v) is 5.66.